The lowest BCUT2D eigenvalue weighted by molar-refractivity contribution is 0.293. The molecule has 0 bridgehead atoms. The summed E-state index contributed by atoms with van der Waals surface area (Å²) in [6, 6.07) is 1.26. The Morgan fingerprint density at radius 2 is 2.17 bits per heavy atom. The third-order valence-electron chi connectivity index (χ3n) is 2.62. The summed E-state index contributed by atoms with van der Waals surface area (Å²) < 4.78 is 0. The number of likely N-dealkylation sites (N-methyl/N-ethyl adjacent to an activating group) is 1. The molecule has 72 valence electrons. The normalized spacial score (nSPS) is 20.0. The Balaban J connectivity index is 2.03. The first-order valence-corrected chi connectivity index (χ1v) is 5.20. The highest BCUT2D eigenvalue weighted by molar-refractivity contribution is 4.84. The van der Waals surface area contributed by atoms with Crippen molar-refractivity contribution in [2.45, 2.75) is 51.1 Å². The monoisotopic (exact) mass is 170 g/mol. The van der Waals surface area contributed by atoms with Gasteiger partial charge in [-0.3, -0.25) is 0 Å². The summed E-state index contributed by atoms with van der Waals surface area (Å²) in [5.41, 5.74) is 5.98. The lowest BCUT2D eigenvalue weighted by Crippen LogP contribution is -2.36. The second-order valence-electron chi connectivity index (χ2n) is 4.07. The van der Waals surface area contributed by atoms with Crippen LogP contribution >= 0.6 is 0 Å². The van der Waals surface area contributed by atoms with Crippen LogP contribution in [0.25, 0.3) is 0 Å². The van der Waals surface area contributed by atoms with Gasteiger partial charge in [-0.2, -0.15) is 0 Å². The molecule has 0 saturated heterocycles. The van der Waals surface area contributed by atoms with Crippen molar-refractivity contribution in [3.8, 4) is 0 Å². The van der Waals surface area contributed by atoms with Gasteiger partial charge in [-0.1, -0.05) is 19.8 Å². The zero-order valence-corrected chi connectivity index (χ0v) is 8.42. The maximum atomic E-state index is 5.98. The number of nitrogens with two attached hydrogens (primary N) is 1. The van der Waals surface area contributed by atoms with Gasteiger partial charge in [0.1, 0.15) is 0 Å². The molecule has 1 aliphatic carbocycles. The van der Waals surface area contributed by atoms with Crippen LogP contribution in [0.4, 0.5) is 0 Å². The van der Waals surface area contributed by atoms with Crippen molar-refractivity contribution in [3.05, 3.63) is 0 Å². The summed E-state index contributed by atoms with van der Waals surface area (Å²) in [7, 11) is 2.20. The molecular formula is C10H22N2. The fraction of sp³-hybridized carbons (Fsp3) is 1.00. The first kappa shape index (κ1) is 10.0. The Labute approximate surface area is 76.1 Å². The standard InChI is InChI=1S/C10H22N2/c1-3-4-5-9(11)8-12(2)10-6-7-10/h9-10H,3-8,11H2,1-2H3. The Morgan fingerprint density at radius 1 is 1.50 bits per heavy atom. The van der Waals surface area contributed by atoms with Crippen molar-refractivity contribution in [2.24, 2.45) is 5.73 Å². The first-order valence-electron chi connectivity index (χ1n) is 5.20. The first-order chi connectivity index (χ1) is 5.74. The van der Waals surface area contributed by atoms with E-state index in [1.165, 1.54) is 32.1 Å². The van der Waals surface area contributed by atoms with Crippen molar-refractivity contribution >= 4 is 0 Å². The molecular weight excluding hydrogens is 148 g/mol. The van der Waals surface area contributed by atoms with E-state index in [2.05, 4.69) is 18.9 Å². The van der Waals surface area contributed by atoms with Crippen LogP contribution in [-0.4, -0.2) is 30.6 Å². The van der Waals surface area contributed by atoms with E-state index in [1.807, 2.05) is 0 Å². The zero-order valence-electron chi connectivity index (χ0n) is 8.42. The predicted molar refractivity (Wildman–Crippen MR) is 53.2 cm³/mol. The third-order valence-corrected chi connectivity index (χ3v) is 2.62. The number of unbranched alkanes of at least 4 members (excludes halogenated alkanes) is 1. The smallest absolute Gasteiger partial charge is 0.0167 e. The van der Waals surface area contributed by atoms with Gasteiger partial charge in [-0.25, -0.2) is 0 Å². The predicted octanol–water partition coefficient (Wildman–Crippen LogP) is 1.60. The minimum atomic E-state index is 0.399. The van der Waals surface area contributed by atoms with Gasteiger partial charge in [0, 0.05) is 18.6 Å². The van der Waals surface area contributed by atoms with Crippen molar-refractivity contribution in [2.75, 3.05) is 13.6 Å². The van der Waals surface area contributed by atoms with Crippen LogP contribution in [0.15, 0.2) is 0 Å². The van der Waals surface area contributed by atoms with Crippen LogP contribution in [0.2, 0.25) is 0 Å². The van der Waals surface area contributed by atoms with Gasteiger partial charge in [-0.05, 0) is 26.3 Å². The molecule has 1 aliphatic rings. The molecule has 2 heteroatoms. The highest BCUT2D eigenvalue weighted by atomic mass is 15.2. The largest absolute Gasteiger partial charge is 0.327 e. The maximum absolute atomic E-state index is 5.98. The molecule has 0 aliphatic heterocycles. The molecule has 1 atom stereocenters. The summed E-state index contributed by atoms with van der Waals surface area (Å²) >= 11 is 0. The Kier molecular flexibility index (Phi) is 4.02. The highest BCUT2D eigenvalue weighted by Crippen LogP contribution is 2.25. The second-order valence-corrected chi connectivity index (χ2v) is 4.07. The fourth-order valence-corrected chi connectivity index (χ4v) is 1.59. The highest BCUT2D eigenvalue weighted by Gasteiger charge is 2.26. The molecule has 2 N–H and O–H groups in total. The van der Waals surface area contributed by atoms with Gasteiger partial charge >= 0.3 is 0 Å². The van der Waals surface area contributed by atoms with E-state index < -0.39 is 0 Å². The van der Waals surface area contributed by atoms with Crippen LogP contribution in [0.5, 0.6) is 0 Å². The van der Waals surface area contributed by atoms with Gasteiger partial charge in [0.2, 0.25) is 0 Å². The van der Waals surface area contributed by atoms with Gasteiger partial charge in [0.25, 0.3) is 0 Å². The lowest BCUT2D eigenvalue weighted by atomic mass is 10.1. The van der Waals surface area contributed by atoms with E-state index in [4.69, 9.17) is 5.73 Å². The topological polar surface area (TPSA) is 29.3 Å². The minimum absolute atomic E-state index is 0.399. The van der Waals surface area contributed by atoms with Gasteiger partial charge < -0.3 is 10.6 Å². The van der Waals surface area contributed by atoms with E-state index >= 15 is 0 Å². The maximum Gasteiger partial charge on any atom is 0.0167 e. The molecule has 0 spiro atoms. The van der Waals surface area contributed by atoms with Gasteiger partial charge in [-0.15, -0.1) is 0 Å². The quantitative estimate of drug-likeness (QED) is 0.656. The molecule has 0 amide bonds. The van der Waals surface area contributed by atoms with E-state index in [1.54, 1.807) is 0 Å². The zero-order chi connectivity index (χ0) is 8.97. The average Bonchev–Trinajstić information content (AvgIpc) is 2.82. The van der Waals surface area contributed by atoms with Crippen LogP contribution < -0.4 is 5.73 Å². The lowest BCUT2D eigenvalue weighted by Gasteiger charge is -2.20. The summed E-state index contributed by atoms with van der Waals surface area (Å²) in [5, 5.41) is 0. The van der Waals surface area contributed by atoms with Crippen LogP contribution in [0.1, 0.15) is 39.0 Å². The van der Waals surface area contributed by atoms with E-state index in [0.29, 0.717) is 6.04 Å². The second kappa shape index (κ2) is 4.83. The molecule has 1 unspecified atom stereocenters. The molecule has 2 nitrogen and oxygen atoms in total. The number of hydrogen-bond acceptors (Lipinski definition) is 2. The summed E-state index contributed by atoms with van der Waals surface area (Å²) in [4.78, 5) is 2.42. The van der Waals surface area contributed by atoms with Crippen LogP contribution in [-0.2, 0) is 0 Å². The summed E-state index contributed by atoms with van der Waals surface area (Å²) in [6.45, 7) is 3.31. The molecule has 1 fully saturated rings. The van der Waals surface area contributed by atoms with Gasteiger partial charge in [0.05, 0.1) is 0 Å². The average molecular weight is 170 g/mol. The van der Waals surface area contributed by atoms with Crippen molar-refractivity contribution < 1.29 is 0 Å². The molecule has 0 aromatic carbocycles. The summed E-state index contributed by atoms with van der Waals surface area (Å²) in [5.74, 6) is 0. The molecule has 12 heavy (non-hydrogen) atoms. The van der Waals surface area contributed by atoms with Crippen LogP contribution in [0.3, 0.4) is 0 Å². The summed E-state index contributed by atoms with van der Waals surface area (Å²) in [6.07, 6.45) is 6.50. The van der Waals surface area contributed by atoms with Crippen molar-refractivity contribution in [1.82, 2.24) is 4.90 Å². The van der Waals surface area contributed by atoms with E-state index in [9.17, 15) is 0 Å². The molecule has 0 heterocycles. The van der Waals surface area contributed by atoms with Crippen LogP contribution in [0, 0.1) is 0 Å². The van der Waals surface area contributed by atoms with Crippen molar-refractivity contribution in [3.63, 3.8) is 0 Å². The molecule has 1 saturated carbocycles. The molecule has 0 radical (unpaired) electrons. The minimum Gasteiger partial charge on any atom is -0.327 e. The van der Waals surface area contributed by atoms with Gasteiger partial charge in [0.15, 0.2) is 0 Å². The number of rotatable bonds is 6. The Morgan fingerprint density at radius 3 is 2.67 bits per heavy atom. The molecule has 1 rings (SSSR count). The SMILES string of the molecule is CCCCC(N)CN(C)C1CC1. The number of hydrogen-bond donors (Lipinski definition) is 1. The van der Waals surface area contributed by atoms with Crippen molar-refractivity contribution in [1.29, 1.82) is 0 Å². The Bertz CT molecular complexity index is 121. The number of nitrogens with zero attached hydrogens (tertiary/aromatic N) is 1. The fourth-order valence-electron chi connectivity index (χ4n) is 1.59. The van der Waals surface area contributed by atoms with E-state index in [0.717, 1.165) is 12.6 Å². The third kappa shape index (κ3) is 3.55. The molecule has 0 aromatic rings. The van der Waals surface area contributed by atoms with E-state index in [-0.39, 0.29) is 0 Å². The molecule has 0 aromatic heterocycles. The Hall–Kier alpha value is -0.0800.